The van der Waals surface area contributed by atoms with Gasteiger partial charge in [-0.25, -0.2) is 0 Å². The summed E-state index contributed by atoms with van der Waals surface area (Å²) in [6, 6.07) is 17.5. The van der Waals surface area contributed by atoms with Gasteiger partial charge < -0.3 is 4.74 Å². The fourth-order valence-electron chi connectivity index (χ4n) is 2.67. The topological polar surface area (TPSA) is 56.5 Å². The van der Waals surface area contributed by atoms with Crippen molar-refractivity contribution in [2.24, 2.45) is 0 Å². The maximum absolute atomic E-state index is 12.6. The second-order valence-corrected chi connectivity index (χ2v) is 6.84. The third-order valence-corrected chi connectivity index (χ3v) is 4.85. The number of fused-ring (bicyclic) bond motifs is 1. The van der Waals surface area contributed by atoms with Gasteiger partial charge in [-0.1, -0.05) is 59.9 Å². The Hall–Kier alpha value is -3.25. The molecule has 2 heterocycles. The molecule has 0 aliphatic rings. The highest BCUT2D eigenvalue weighted by molar-refractivity contribution is 7.15. The normalized spacial score (nSPS) is 12.3. The van der Waals surface area contributed by atoms with Crippen LogP contribution in [0.25, 0.3) is 23.2 Å². The predicted octanol–water partition coefficient (Wildman–Crippen LogP) is 3.27. The molecule has 0 saturated carbocycles. The highest BCUT2D eigenvalue weighted by atomic mass is 32.1. The fraction of sp³-hybridized carbons (Fsp3) is 0.0952. The molecule has 2 aromatic carbocycles. The van der Waals surface area contributed by atoms with Crippen LogP contribution in [0.4, 0.5) is 0 Å². The van der Waals surface area contributed by atoms with E-state index in [1.807, 2.05) is 79.7 Å². The molecule has 27 heavy (non-hydrogen) atoms. The van der Waals surface area contributed by atoms with Gasteiger partial charge in [-0.15, -0.1) is 5.10 Å². The van der Waals surface area contributed by atoms with E-state index >= 15 is 0 Å². The molecule has 0 saturated heterocycles. The molecule has 0 bridgehead atoms. The Kier molecular flexibility index (Phi) is 4.80. The van der Waals surface area contributed by atoms with Crippen LogP contribution in [-0.4, -0.2) is 21.2 Å². The summed E-state index contributed by atoms with van der Waals surface area (Å²) in [6.07, 6.45) is 5.57. The molecule has 0 unspecified atom stereocenters. The van der Waals surface area contributed by atoms with E-state index in [0.717, 1.165) is 16.9 Å². The van der Waals surface area contributed by atoms with E-state index in [2.05, 4.69) is 10.1 Å². The molecular formula is C21H17N3O2S. The molecule has 0 atom stereocenters. The Morgan fingerprint density at radius 1 is 1.07 bits per heavy atom. The summed E-state index contributed by atoms with van der Waals surface area (Å²) in [5, 5.41) is 4.31. The van der Waals surface area contributed by atoms with Crippen LogP contribution in [0.5, 0.6) is 5.75 Å². The number of ether oxygens (including phenoxy) is 1. The van der Waals surface area contributed by atoms with Gasteiger partial charge in [-0.05, 0) is 42.3 Å². The van der Waals surface area contributed by atoms with Crippen molar-refractivity contribution in [3.63, 3.8) is 0 Å². The summed E-state index contributed by atoms with van der Waals surface area (Å²) >= 11 is 1.33. The summed E-state index contributed by atoms with van der Waals surface area (Å²) in [6.45, 7) is 2.54. The standard InChI is InChI=1S/C21H17N3O2S/c1-2-26-17-10-6-9-16(13-17)14-18-20(25)24-21(27-18)22-19(23-24)12-11-15-7-4-3-5-8-15/h3-14H,2H2,1H3. The molecule has 0 aliphatic carbocycles. The molecule has 4 aromatic rings. The lowest BCUT2D eigenvalue weighted by molar-refractivity contribution is 0.340. The zero-order valence-corrected chi connectivity index (χ0v) is 15.5. The minimum atomic E-state index is -0.163. The predicted molar refractivity (Wildman–Crippen MR) is 109 cm³/mol. The molecule has 0 fully saturated rings. The summed E-state index contributed by atoms with van der Waals surface area (Å²) in [5.74, 6) is 1.30. The lowest BCUT2D eigenvalue weighted by atomic mass is 10.2. The van der Waals surface area contributed by atoms with E-state index in [1.165, 1.54) is 15.9 Å². The highest BCUT2D eigenvalue weighted by Gasteiger charge is 2.09. The minimum Gasteiger partial charge on any atom is -0.494 e. The van der Waals surface area contributed by atoms with E-state index in [4.69, 9.17) is 4.74 Å². The van der Waals surface area contributed by atoms with Gasteiger partial charge in [0, 0.05) is 0 Å². The molecule has 0 spiro atoms. The fourth-order valence-corrected chi connectivity index (χ4v) is 3.58. The number of thiazole rings is 1. The number of hydrogen-bond acceptors (Lipinski definition) is 5. The molecule has 0 amide bonds. The van der Waals surface area contributed by atoms with Crippen LogP contribution >= 0.6 is 11.3 Å². The van der Waals surface area contributed by atoms with E-state index < -0.39 is 0 Å². The zero-order valence-electron chi connectivity index (χ0n) is 14.7. The van der Waals surface area contributed by atoms with E-state index in [9.17, 15) is 4.79 Å². The number of benzene rings is 2. The number of rotatable bonds is 5. The maximum Gasteiger partial charge on any atom is 0.291 e. The largest absolute Gasteiger partial charge is 0.494 e. The molecule has 134 valence electrons. The second kappa shape index (κ2) is 7.55. The van der Waals surface area contributed by atoms with Crippen molar-refractivity contribution in [1.29, 1.82) is 0 Å². The molecule has 2 aromatic heterocycles. The van der Waals surface area contributed by atoms with Crippen molar-refractivity contribution in [2.45, 2.75) is 6.92 Å². The van der Waals surface area contributed by atoms with Gasteiger partial charge in [-0.3, -0.25) is 4.79 Å². The van der Waals surface area contributed by atoms with Crippen LogP contribution in [0.1, 0.15) is 23.9 Å². The first-order chi connectivity index (χ1) is 13.2. The van der Waals surface area contributed by atoms with Crippen molar-refractivity contribution in [1.82, 2.24) is 14.6 Å². The van der Waals surface area contributed by atoms with Crippen molar-refractivity contribution in [2.75, 3.05) is 6.61 Å². The van der Waals surface area contributed by atoms with Crippen LogP contribution < -0.4 is 14.8 Å². The Balaban J connectivity index is 1.66. The SMILES string of the molecule is CCOc1cccc(C=c2sc3nc(C=Cc4ccccc4)nn3c2=O)c1. The van der Waals surface area contributed by atoms with Gasteiger partial charge in [0.1, 0.15) is 5.75 Å². The lowest BCUT2D eigenvalue weighted by Crippen LogP contribution is -2.23. The third-order valence-electron chi connectivity index (χ3n) is 3.89. The molecule has 0 N–H and O–H groups in total. The molecule has 6 heteroatoms. The number of aromatic nitrogens is 3. The summed E-state index contributed by atoms with van der Waals surface area (Å²) in [4.78, 5) is 17.6. The van der Waals surface area contributed by atoms with Crippen LogP contribution in [0.15, 0.2) is 59.4 Å². The Morgan fingerprint density at radius 3 is 2.67 bits per heavy atom. The summed E-state index contributed by atoms with van der Waals surface area (Å²) in [5.41, 5.74) is 1.80. The van der Waals surface area contributed by atoms with Crippen LogP contribution in [0, 0.1) is 0 Å². The molecule has 0 aliphatic heterocycles. The Labute approximate surface area is 159 Å². The molecular weight excluding hydrogens is 358 g/mol. The molecule has 4 rings (SSSR count). The maximum atomic E-state index is 12.6. The Morgan fingerprint density at radius 2 is 1.89 bits per heavy atom. The summed E-state index contributed by atoms with van der Waals surface area (Å²) < 4.78 is 7.45. The monoisotopic (exact) mass is 375 g/mol. The van der Waals surface area contributed by atoms with Gasteiger partial charge in [0.25, 0.3) is 5.56 Å². The minimum absolute atomic E-state index is 0.163. The molecule has 5 nitrogen and oxygen atoms in total. The van der Waals surface area contributed by atoms with Gasteiger partial charge in [0.05, 0.1) is 11.1 Å². The average molecular weight is 375 g/mol. The summed E-state index contributed by atoms with van der Waals surface area (Å²) in [7, 11) is 0. The first-order valence-electron chi connectivity index (χ1n) is 8.60. The van der Waals surface area contributed by atoms with Gasteiger partial charge in [-0.2, -0.15) is 9.50 Å². The van der Waals surface area contributed by atoms with Crippen molar-refractivity contribution in [3.8, 4) is 5.75 Å². The first-order valence-corrected chi connectivity index (χ1v) is 9.42. The van der Waals surface area contributed by atoms with E-state index in [-0.39, 0.29) is 5.56 Å². The Bertz CT molecular complexity index is 1210. The lowest BCUT2D eigenvalue weighted by Gasteiger charge is -2.02. The number of hydrogen-bond donors (Lipinski definition) is 0. The van der Waals surface area contributed by atoms with Crippen molar-refractivity contribution in [3.05, 3.63) is 86.4 Å². The van der Waals surface area contributed by atoms with E-state index in [0.29, 0.717) is 21.9 Å². The van der Waals surface area contributed by atoms with Gasteiger partial charge in [0.15, 0.2) is 5.82 Å². The van der Waals surface area contributed by atoms with Crippen LogP contribution in [-0.2, 0) is 0 Å². The average Bonchev–Trinajstić information content (AvgIpc) is 3.21. The second-order valence-electron chi connectivity index (χ2n) is 5.83. The van der Waals surface area contributed by atoms with Crippen molar-refractivity contribution < 1.29 is 4.74 Å². The van der Waals surface area contributed by atoms with Gasteiger partial charge in [0.2, 0.25) is 4.96 Å². The number of nitrogens with zero attached hydrogens (tertiary/aromatic N) is 3. The van der Waals surface area contributed by atoms with Crippen molar-refractivity contribution >= 4 is 34.5 Å². The third kappa shape index (κ3) is 3.80. The smallest absolute Gasteiger partial charge is 0.291 e. The van der Waals surface area contributed by atoms with Crippen LogP contribution in [0.2, 0.25) is 0 Å². The van der Waals surface area contributed by atoms with E-state index in [1.54, 1.807) is 0 Å². The van der Waals surface area contributed by atoms with Gasteiger partial charge >= 0.3 is 0 Å². The quantitative estimate of drug-likeness (QED) is 0.537. The highest BCUT2D eigenvalue weighted by Crippen LogP contribution is 2.14. The first kappa shape index (κ1) is 17.2. The zero-order chi connectivity index (χ0) is 18.6. The molecule has 0 radical (unpaired) electrons. The van der Waals surface area contributed by atoms with Crippen LogP contribution in [0.3, 0.4) is 0 Å².